The number of ether oxygens (including phenoxy) is 1. The summed E-state index contributed by atoms with van der Waals surface area (Å²) in [7, 11) is 0. The van der Waals surface area contributed by atoms with E-state index in [1.54, 1.807) is 6.92 Å². The molecule has 3 nitrogen and oxygen atoms in total. The molecule has 2 unspecified atom stereocenters. The highest BCUT2D eigenvalue weighted by molar-refractivity contribution is 5.73. The smallest absolute Gasteiger partial charge is 0.311 e. The van der Waals surface area contributed by atoms with Crippen LogP contribution < -0.4 is 0 Å². The predicted molar refractivity (Wildman–Crippen MR) is 55.9 cm³/mol. The van der Waals surface area contributed by atoms with Crippen molar-refractivity contribution in [3.63, 3.8) is 0 Å². The first-order valence-corrected chi connectivity index (χ1v) is 5.19. The molecule has 0 heterocycles. The summed E-state index contributed by atoms with van der Waals surface area (Å²) in [5.74, 6) is -0.702. The lowest BCUT2D eigenvalue weighted by Crippen LogP contribution is -2.38. The van der Waals surface area contributed by atoms with Crippen LogP contribution in [-0.4, -0.2) is 23.8 Å². The number of esters is 1. The summed E-state index contributed by atoms with van der Waals surface area (Å²) in [6, 6.07) is 0. The van der Waals surface area contributed by atoms with E-state index in [4.69, 9.17) is 4.74 Å². The molecule has 84 valence electrons. The van der Waals surface area contributed by atoms with Crippen molar-refractivity contribution in [3.05, 3.63) is 0 Å². The van der Waals surface area contributed by atoms with Gasteiger partial charge in [0.2, 0.25) is 0 Å². The van der Waals surface area contributed by atoms with Crippen molar-refractivity contribution in [2.24, 2.45) is 11.3 Å². The minimum atomic E-state index is -0.647. The Bertz CT molecular complexity index is 181. The lowest BCUT2D eigenvalue weighted by Gasteiger charge is -2.31. The number of carbonyl (C=O) groups is 1. The molecule has 0 aliphatic rings. The first-order valence-electron chi connectivity index (χ1n) is 5.19. The Balaban J connectivity index is 4.48. The standard InChI is InChI=1S/C11H22O3/c1-6-8(10(13)14-7-2)9(12)11(3,4)5/h8-9,12H,6-7H2,1-5H3. The molecule has 0 spiro atoms. The fourth-order valence-electron chi connectivity index (χ4n) is 1.37. The molecule has 14 heavy (non-hydrogen) atoms. The maximum atomic E-state index is 11.5. The van der Waals surface area contributed by atoms with Gasteiger partial charge < -0.3 is 9.84 Å². The van der Waals surface area contributed by atoms with Gasteiger partial charge in [-0.1, -0.05) is 27.7 Å². The monoisotopic (exact) mass is 202 g/mol. The zero-order chi connectivity index (χ0) is 11.4. The average molecular weight is 202 g/mol. The Morgan fingerprint density at radius 1 is 1.36 bits per heavy atom. The summed E-state index contributed by atoms with van der Waals surface area (Å²) in [5, 5.41) is 9.94. The lowest BCUT2D eigenvalue weighted by atomic mass is 9.80. The van der Waals surface area contributed by atoms with Gasteiger partial charge in [0.25, 0.3) is 0 Å². The largest absolute Gasteiger partial charge is 0.466 e. The Hall–Kier alpha value is -0.570. The van der Waals surface area contributed by atoms with E-state index < -0.39 is 12.0 Å². The van der Waals surface area contributed by atoms with Crippen molar-refractivity contribution in [3.8, 4) is 0 Å². The van der Waals surface area contributed by atoms with Crippen LogP contribution in [0.5, 0.6) is 0 Å². The van der Waals surface area contributed by atoms with E-state index in [2.05, 4.69) is 0 Å². The van der Waals surface area contributed by atoms with Gasteiger partial charge in [0.15, 0.2) is 0 Å². The molecule has 0 radical (unpaired) electrons. The van der Waals surface area contributed by atoms with Crippen LogP contribution >= 0.6 is 0 Å². The molecule has 0 saturated carbocycles. The fraction of sp³-hybridized carbons (Fsp3) is 0.909. The van der Waals surface area contributed by atoms with Crippen LogP contribution in [0.4, 0.5) is 0 Å². The molecule has 0 aromatic heterocycles. The van der Waals surface area contributed by atoms with Crippen LogP contribution in [0, 0.1) is 11.3 Å². The molecule has 0 fully saturated rings. The SMILES string of the molecule is CCOC(=O)C(CC)C(O)C(C)(C)C. The van der Waals surface area contributed by atoms with E-state index in [1.807, 2.05) is 27.7 Å². The van der Waals surface area contributed by atoms with E-state index in [1.165, 1.54) is 0 Å². The molecule has 0 amide bonds. The topological polar surface area (TPSA) is 46.5 Å². The zero-order valence-corrected chi connectivity index (χ0v) is 9.83. The molecule has 0 rings (SSSR count). The van der Waals surface area contributed by atoms with Crippen LogP contribution in [0.3, 0.4) is 0 Å². The second-order valence-electron chi connectivity index (χ2n) is 4.58. The molecular weight excluding hydrogens is 180 g/mol. The van der Waals surface area contributed by atoms with Gasteiger partial charge in [-0.15, -0.1) is 0 Å². The average Bonchev–Trinajstić information content (AvgIpc) is 2.04. The number of carbonyl (C=O) groups excluding carboxylic acids is 1. The normalized spacial score (nSPS) is 16.1. The number of hydrogen-bond acceptors (Lipinski definition) is 3. The highest BCUT2D eigenvalue weighted by Gasteiger charge is 2.34. The Morgan fingerprint density at radius 3 is 2.14 bits per heavy atom. The van der Waals surface area contributed by atoms with E-state index >= 15 is 0 Å². The molecule has 0 aliphatic carbocycles. The minimum Gasteiger partial charge on any atom is -0.466 e. The summed E-state index contributed by atoms with van der Waals surface area (Å²) in [5.41, 5.74) is -0.284. The maximum Gasteiger partial charge on any atom is 0.311 e. The van der Waals surface area contributed by atoms with Gasteiger partial charge in [-0.3, -0.25) is 4.79 Å². The van der Waals surface area contributed by atoms with Crippen molar-refractivity contribution in [2.45, 2.75) is 47.1 Å². The van der Waals surface area contributed by atoms with Gasteiger partial charge in [-0.25, -0.2) is 0 Å². The molecule has 1 N–H and O–H groups in total. The number of aliphatic hydroxyl groups excluding tert-OH is 1. The summed E-state index contributed by atoms with van der Waals surface area (Å²) in [6.45, 7) is 9.77. The Labute approximate surface area is 86.5 Å². The van der Waals surface area contributed by atoms with E-state index in [0.29, 0.717) is 13.0 Å². The predicted octanol–water partition coefficient (Wildman–Crippen LogP) is 1.98. The van der Waals surface area contributed by atoms with Crippen LogP contribution in [-0.2, 0) is 9.53 Å². The van der Waals surface area contributed by atoms with Crippen molar-refractivity contribution < 1.29 is 14.6 Å². The number of rotatable bonds is 4. The first-order chi connectivity index (χ1) is 6.34. The minimum absolute atomic E-state index is 0.284. The van der Waals surface area contributed by atoms with Crippen LogP contribution in [0.25, 0.3) is 0 Å². The summed E-state index contributed by atoms with van der Waals surface area (Å²) in [4.78, 5) is 11.5. The van der Waals surface area contributed by atoms with Crippen molar-refractivity contribution in [1.29, 1.82) is 0 Å². The first kappa shape index (κ1) is 13.4. The van der Waals surface area contributed by atoms with Crippen LogP contribution in [0.1, 0.15) is 41.0 Å². The van der Waals surface area contributed by atoms with Gasteiger partial charge in [0.05, 0.1) is 18.6 Å². The summed E-state index contributed by atoms with van der Waals surface area (Å²) in [6.07, 6.45) is -0.0383. The van der Waals surface area contributed by atoms with Crippen LogP contribution in [0.2, 0.25) is 0 Å². The molecule has 2 atom stereocenters. The van der Waals surface area contributed by atoms with Crippen molar-refractivity contribution >= 4 is 5.97 Å². The van der Waals surface area contributed by atoms with Crippen molar-refractivity contribution in [1.82, 2.24) is 0 Å². The van der Waals surface area contributed by atoms with E-state index in [0.717, 1.165) is 0 Å². The van der Waals surface area contributed by atoms with Gasteiger partial charge >= 0.3 is 5.97 Å². The molecule has 0 aromatic rings. The quantitative estimate of drug-likeness (QED) is 0.709. The summed E-state index contributed by atoms with van der Waals surface area (Å²) >= 11 is 0. The Kier molecular flexibility index (Phi) is 5.13. The van der Waals surface area contributed by atoms with Gasteiger partial charge in [-0.05, 0) is 18.8 Å². The second kappa shape index (κ2) is 5.35. The van der Waals surface area contributed by atoms with Crippen molar-refractivity contribution in [2.75, 3.05) is 6.61 Å². The lowest BCUT2D eigenvalue weighted by molar-refractivity contribution is -0.155. The Morgan fingerprint density at radius 2 is 1.86 bits per heavy atom. The van der Waals surface area contributed by atoms with Gasteiger partial charge in [-0.2, -0.15) is 0 Å². The fourth-order valence-corrected chi connectivity index (χ4v) is 1.37. The number of aliphatic hydroxyl groups is 1. The van der Waals surface area contributed by atoms with Gasteiger partial charge in [0, 0.05) is 0 Å². The van der Waals surface area contributed by atoms with Gasteiger partial charge in [0.1, 0.15) is 0 Å². The maximum absolute atomic E-state index is 11.5. The molecule has 0 aliphatic heterocycles. The van der Waals surface area contributed by atoms with E-state index in [9.17, 15) is 9.90 Å². The third-order valence-electron chi connectivity index (χ3n) is 2.30. The third kappa shape index (κ3) is 3.66. The van der Waals surface area contributed by atoms with E-state index in [-0.39, 0.29) is 11.4 Å². The summed E-state index contributed by atoms with van der Waals surface area (Å²) < 4.78 is 4.91. The molecule has 0 bridgehead atoms. The second-order valence-corrected chi connectivity index (χ2v) is 4.58. The molecule has 0 aromatic carbocycles. The molecule has 3 heteroatoms. The van der Waals surface area contributed by atoms with Crippen LogP contribution in [0.15, 0.2) is 0 Å². The zero-order valence-electron chi connectivity index (χ0n) is 9.83. The molecule has 0 saturated heterocycles. The number of hydrogen-bond donors (Lipinski definition) is 1. The highest BCUT2D eigenvalue weighted by Crippen LogP contribution is 2.27. The highest BCUT2D eigenvalue weighted by atomic mass is 16.5. The third-order valence-corrected chi connectivity index (χ3v) is 2.30. The molecular formula is C11H22O3.